The van der Waals surface area contributed by atoms with Crippen LogP contribution in [-0.4, -0.2) is 42.4 Å². The van der Waals surface area contributed by atoms with Crippen molar-refractivity contribution in [3.63, 3.8) is 0 Å². The molecule has 0 spiro atoms. The van der Waals surface area contributed by atoms with Crippen molar-refractivity contribution in [1.82, 2.24) is 9.88 Å². The van der Waals surface area contributed by atoms with Crippen molar-refractivity contribution in [2.75, 3.05) is 26.2 Å². The van der Waals surface area contributed by atoms with Gasteiger partial charge < -0.3 is 14.8 Å². The Balaban J connectivity index is 1.59. The number of likely N-dealkylation sites (tertiary alicyclic amines) is 1. The molecule has 0 saturated carbocycles. The molecule has 0 unspecified atom stereocenters. The fourth-order valence-corrected chi connectivity index (χ4v) is 3.84. The number of Topliss-reactive ketones (excluding diaryl/α,β-unsaturated/α-hetero) is 1. The second-order valence-corrected chi connectivity index (χ2v) is 7.04. The average molecular weight is 342 g/mol. The van der Waals surface area contributed by atoms with Crippen LogP contribution in [0.15, 0.2) is 24.3 Å². The van der Waals surface area contributed by atoms with E-state index in [-0.39, 0.29) is 0 Å². The molecular formula is C20H28N3O2+. The number of ketones is 1. The lowest BCUT2D eigenvalue weighted by molar-refractivity contribution is -0.904. The highest BCUT2D eigenvalue weighted by atomic mass is 16.2. The fourth-order valence-electron chi connectivity index (χ4n) is 3.84. The molecule has 0 bridgehead atoms. The molecule has 25 heavy (non-hydrogen) atoms. The molecule has 5 nitrogen and oxygen atoms in total. The average Bonchev–Trinajstić information content (AvgIpc) is 2.90. The molecule has 3 rings (SSSR count). The van der Waals surface area contributed by atoms with Crippen molar-refractivity contribution in [2.24, 2.45) is 7.05 Å². The van der Waals surface area contributed by atoms with Crippen molar-refractivity contribution in [1.29, 1.82) is 0 Å². The Morgan fingerprint density at radius 2 is 1.88 bits per heavy atom. The zero-order valence-electron chi connectivity index (χ0n) is 15.2. The summed E-state index contributed by atoms with van der Waals surface area (Å²) in [6.07, 6.45) is 4.88. The number of nitrogens with one attached hydrogen (secondary N) is 2. The molecule has 0 radical (unpaired) electrons. The van der Waals surface area contributed by atoms with E-state index >= 15 is 0 Å². The summed E-state index contributed by atoms with van der Waals surface area (Å²) >= 11 is 0. The van der Waals surface area contributed by atoms with E-state index in [0.29, 0.717) is 12.1 Å². The Kier molecular flexibility index (Phi) is 5.53. The third kappa shape index (κ3) is 3.76. The molecule has 2 N–H and O–H groups in total. The predicted octanol–water partition coefficient (Wildman–Crippen LogP) is 1.24. The van der Waals surface area contributed by atoms with E-state index in [4.69, 9.17) is 0 Å². The van der Waals surface area contributed by atoms with Crippen LogP contribution in [0.2, 0.25) is 0 Å². The lowest BCUT2D eigenvalue weighted by atomic mass is 10.1. The third-order valence-corrected chi connectivity index (χ3v) is 5.39. The molecule has 1 aliphatic heterocycles. The molecule has 0 aliphatic carbocycles. The summed E-state index contributed by atoms with van der Waals surface area (Å²) in [6, 6.07) is 7.72. The molecule has 2 heterocycles. The van der Waals surface area contributed by atoms with Gasteiger partial charge >= 0.3 is 0 Å². The van der Waals surface area contributed by atoms with Crippen molar-refractivity contribution >= 4 is 22.6 Å². The fraction of sp³-hybridized carbons (Fsp3) is 0.500. The molecule has 2 aromatic rings. The number of nitrogens with zero attached hydrogens (tertiary/aromatic N) is 1. The number of amides is 1. The van der Waals surface area contributed by atoms with E-state index in [9.17, 15) is 9.59 Å². The van der Waals surface area contributed by atoms with E-state index in [1.807, 2.05) is 42.8 Å². The molecule has 1 amide bonds. The zero-order chi connectivity index (χ0) is 17.8. The lowest BCUT2D eigenvalue weighted by Crippen LogP contribution is -3.12. The Morgan fingerprint density at radius 1 is 1.16 bits per heavy atom. The van der Waals surface area contributed by atoms with Gasteiger partial charge in [-0.2, -0.15) is 0 Å². The summed E-state index contributed by atoms with van der Waals surface area (Å²) in [5, 5.41) is 3.66. The first-order valence-corrected chi connectivity index (χ1v) is 9.29. The van der Waals surface area contributed by atoms with E-state index in [1.54, 1.807) is 4.90 Å². The summed E-state index contributed by atoms with van der Waals surface area (Å²) in [6.45, 7) is 6.00. The summed E-state index contributed by atoms with van der Waals surface area (Å²) < 4.78 is 1.97. The van der Waals surface area contributed by atoms with Crippen LogP contribution in [0.3, 0.4) is 0 Å². The highest BCUT2D eigenvalue weighted by Crippen LogP contribution is 2.25. The summed E-state index contributed by atoms with van der Waals surface area (Å²) in [7, 11) is 1.92. The van der Waals surface area contributed by atoms with Gasteiger partial charge in [-0.15, -0.1) is 0 Å². The minimum atomic E-state index is -0.493. The van der Waals surface area contributed by atoms with Crippen LogP contribution in [0.5, 0.6) is 0 Å². The minimum absolute atomic E-state index is 0.431. The molecular weight excluding hydrogens is 314 g/mol. The predicted molar refractivity (Wildman–Crippen MR) is 99.0 cm³/mol. The topological polar surface area (TPSA) is 55.5 Å². The van der Waals surface area contributed by atoms with Crippen LogP contribution in [0.25, 0.3) is 10.9 Å². The Labute approximate surface area is 149 Å². The number of para-hydroxylation sites is 1. The number of aryl methyl sites for hydroxylation is 1. The van der Waals surface area contributed by atoms with E-state index in [0.717, 1.165) is 29.6 Å². The third-order valence-electron chi connectivity index (χ3n) is 5.39. The van der Waals surface area contributed by atoms with Gasteiger partial charge in [-0.05, 0) is 32.3 Å². The smallest absolute Gasteiger partial charge is 0.292 e. The number of carbonyl (C=O) groups excluding carboxylic acids is 2. The molecule has 1 fully saturated rings. The van der Waals surface area contributed by atoms with Crippen molar-refractivity contribution < 1.29 is 14.5 Å². The maximum Gasteiger partial charge on any atom is 0.292 e. The van der Waals surface area contributed by atoms with Crippen molar-refractivity contribution in [2.45, 2.75) is 32.6 Å². The van der Waals surface area contributed by atoms with Gasteiger partial charge in [0, 0.05) is 36.6 Å². The number of quaternary nitrogens is 1. The zero-order valence-corrected chi connectivity index (χ0v) is 15.2. The number of piperidine rings is 1. The molecule has 1 aromatic carbocycles. The number of rotatable bonds is 6. The van der Waals surface area contributed by atoms with E-state index in [1.165, 1.54) is 32.4 Å². The molecule has 1 saturated heterocycles. The van der Waals surface area contributed by atoms with Gasteiger partial charge in [-0.3, -0.25) is 9.59 Å². The molecule has 1 aliphatic rings. The van der Waals surface area contributed by atoms with Gasteiger partial charge in [0.2, 0.25) is 0 Å². The quantitative estimate of drug-likeness (QED) is 0.472. The number of fused-ring (bicyclic) bond motifs is 1. The maximum atomic E-state index is 12.7. The van der Waals surface area contributed by atoms with Crippen LogP contribution in [0, 0.1) is 6.92 Å². The number of benzene rings is 1. The largest absolute Gasteiger partial charge is 0.349 e. The normalized spacial score (nSPS) is 15.4. The van der Waals surface area contributed by atoms with Gasteiger partial charge in [0.15, 0.2) is 0 Å². The van der Waals surface area contributed by atoms with Crippen LogP contribution in [-0.2, 0) is 11.8 Å². The number of hydrogen-bond donors (Lipinski definition) is 2. The summed E-state index contributed by atoms with van der Waals surface area (Å²) in [4.78, 5) is 26.6. The van der Waals surface area contributed by atoms with Crippen LogP contribution in [0.1, 0.15) is 41.7 Å². The minimum Gasteiger partial charge on any atom is -0.349 e. The van der Waals surface area contributed by atoms with Gasteiger partial charge in [-0.25, -0.2) is 0 Å². The SMILES string of the molecule is Cc1c(C(=O)C(=O)NCCC[NH+]2CCCCC2)c2ccccc2n1C. The number of hydrogen-bond acceptors (Lipinski definition) is 2. The van der Waals surface area contributed by atoms with Crippen LogP contribution in [0.4, 0.5) is 0 Å². The lowest BCUT2D eigenvalue weighted by Gasteiger charge is -2.23. The maximum absolute atomic E-state index is 12.7. The highest BCUT2D eigenvalue weighted by molar-refractivity contribution is 6.45. The van der Waals surface area contributed by atoms with Crippen LogP contribution >= 0.6 is 0 Å². The molecule has 1 aromatic heterocycles. The Bertz CT molecular complexity index is 773. The van der Waals surface area contributed by atoms with Gasteiger partial charge in [0.25, 0.3) is 11.7 Å². The summed E-state index contributed by atoms with van der Waals surface area (Å²) in [5.41, 5.74) is 2.33. The second-order valence-electron chi connectivity index (χ2n) is 7.04. The molecule has 0 atom stereocenters. The first kappa shape index (κ1) is 17.7. The highest BCUT2D eigenvalue weighted by Gasteiger charge is 2.23. The molecule has 134 valence electrons. The number of carbonyl (C=O) groups is 2. The monoisotopic (exact) mass is 342 g/mol. The van der Waals surface area contributed by atoms with Crippen molar-refractivity contribution in [3.8, 4) is 0 Å². The second kappa shape index (κ2) is 7.83. The number of aromatic nitrogens is 1. The van der Waals surface area contributed by atoms with Crippen LogP contribution < -0.4 is 10.2 Å². The van der Waals surface area contributed by atoms with E-state index in [2.05, 4.69) is 5.32 Å². The Hall–Kier alpha value is -2.14. The summed E-state index contributed by atoms with van der Waals surface area (Å²) in [5.74, 6) is -0.923. The first-order valence-electron chi connectivity index (χ1n) is 9.29. The van der Waals surface area contributed by atoms with Crippen molar-refractivity contribution in [3.05, 3.63) is 35.5 Å². The standard InChI is InChI=1S/C20H27N3O2/c1-15-18(16-9-4-5-10-17(16)22(15)2)19(24)20(25)21-11-8-14-23-12-6-3-7-13-23/h4-5,9-10H,3,6-8,11-14H2,1-2H3,(H,21,25)/p+1. The molecule has 5 heteroatoms. The van der Waals surface area contributed by atoms with Gasteiger partial charge in [0.1, 0.15) is 0 Å². The first-order chi connectivity index (χ1) is 12.1. The van der Waals surface area contributed by atoms with Gasteiger partial charge in [0.05, 0.1) is 25.2 Å². The van der Waals surface area contributed by atoms with Gasteiger partial charge in [-0.1, -0.05) is 18.2 Å². The van der Waals surface area contributed by atoms with E-state index < -0.39 is 11.7 Å². The Morgan fingerprint density at radius 3 is 2.64 bits per heavy atom.